The molecule has 0 unspecified atom stereocenters. The number of morpholine rings is 1. The zero-order valence-corrected chi connectivity index (χ0v) is 40.3. The summed E-state index contributed by atoms with van der Waals surface area (Å²) >= 11 is 0. The zero-order valence-electron chi connectivity index (χ0n) is 39.4. The van der Waals surface area contributed by atoms with Gasteiger partial charge in [0.05, 0.1) is 30.7 Å². The van der Waals surface area contributed by atoms with Gasteiger partial charge >= 0.3 is 13.9 Å². The SMILES string of the molecule is Cc1ccc(OC(=O)N2CCc3cc(-c4cc(C(=O)N(c5ccc(OP(=O)(O)O)cc5)c5cnc6c(ccn6C)c5)c(C)n4C)c(C(=O)N4Cc5ccccc5C[C@H]4CN4CCOCC4)cc3C2)cc1. The fourth-order valence-corrected chi connectivity index (χ4v) is 10.3. The van der Waals surface area contributed by atoms with E-state index in [0.717, 1.165) is 46.4 Å². The summed E-state index contributed by atoms with van der Waals surface area (Å²) in [5.74, 6) is -0.167. The molecule has 0 aliphatic carbocycles. The maximum atomic E-state index is 15.7. The van der Waals surface area contributed by atoms with Crippen LogP contribution in [0.4, 0.5) is 16.2 Å². The van der Waals surface area contributed by atoms with E-state index in [1.54, 1.807) is 35.4 Å². The Morgan fingerprint density at radius 2 is 1.53 bits per heavy atom. The summed E-state index contributed by atoms with van der Waals surface area (Å²) < 4.78 is 31.8. The van der Waals surface area contributed by atoms with E-state index in [1.807, 2.05) is 103 Å². The molecule has 3 amide bonds. The molecule has 17 heteroatoms. The van der Waals surface area contributed by atoms with Crippen LogP contribution >= 0.6 is 7.82 Å². The fourth-order valence-electron chi connectivity index (χ4n) is 9.89. The van der Waals surface area contributed by atoms with E-state index in [9.17, 15) is 19.1 Å². The Morgan fingerprint density at radius 3 is 2.27 bits per heavy atom. The van der Waals surface area contributed by atoms with Gasteiger partial charge in [-0.05, 0) is 116 Å². The first-order valence-electron chi connectivity index (χ1n) is 23.3. The number of pyridine rings is 1. The highest BCUT2D eigenvalue weighted by Gasteiger charge is 2.36. The second-order valence-electron chi connectivity index (χ2n) is 18.3. The van der Waals surface area contributed by atoms with Crippen molar-refractivity contribution in [3.63, 3.8) is 0 Å². The molecule has 4 aromatic carbocycles. The van der Waals surface area contributed by atoms with E-state index in [0.29, 0.717) is 90.9 Å². The van der Waals surface area contributed by atoms with Gasteiger partial charge in [0.25, 0.3) is 11.8 Å². The molecule has 7 aromatic rings. The van der Waals surface area contributed by atoms with Gasteiger partial charge in [0.2, 0.25) is 0 Å². The standard InChI is InChI=1S/C53H54N7O9P/c1-34-9-13-44(14-10-34)68-53(63)58-20-18-37-27-47(48(28-40(37)31-58)51(61)59-32-39-8-6-5-7-36(39)25-43(59)33-57-21-23-67-24-22-57)49-29-46(35(2)56(49)4)52(62)60(41-11-15-45(16-12-41)69-70(64,65)66)42-26-38-17-19-55(3)50(38)54-30-42/h5-17,19,26-30,43H,18,20-25,31-33H2,1-4H3,(H2,64,65,66)/t43-/m0/s1. The third kappa shape index (κ3) is 9.48. The van der Waals surface area contributed by atoms with E-state index >= 15 is 9.59 Å². The summed E-state index contributed by atoms with van der Waals surface area (Å²) in [4.78, 5) is 75.8. The summed E-state index contributed by atoms with van der Waals surface area (Å²) in [6, 6.07) is 31.0. The number of benzene rings is 4. The average Bonchev–Trinajstić information content (AvgIpc) is 3.87. The van der Waals surface area contributed by atoms with Gasteiger partial charge in [0.1, 0.15) is 17.1 Å². The highest BCUT2D eigenvalue weighted by molar-refractivity contribution is 7.46. The molecule has 0 radical (unpaired) electrons. The lowest BCUT2D eigenvalue weighted by atomic mass is 9.89. The molecule has 0 spiro atoms. The van der Waals surface area contributed by atoms with Crippen LogP contribution in [-0.4, -0.2) is 102 Å². The first-order chi connectivity index (χ1) is 33.7. The maximum Gasteiger partial charge on any atom is 0.524 e. The number of carbonyl (C=O) groups excluding carboxylic acids is 3. The van der Waals surface area contributed by atoms with Crippen molar-refractivity contribution < 1.29 is 42.7 Å². The Labute approximate surface area is 405 Å². The van der Waals surface area contributed by atoms with Gasteiger partial charge < -0.3 is 32.9 Å². The second kappa shape index (κ2) is 19.0. The Hall–Kier alpha value is -7.07. The minimum absolute atomic E-state index is 0.0699. The average molecular weight is 964 g/mol. The van der Waals surface area contributed by atoms with Crippen molar-refractivity contribution in [2.45, 2.75) is 45.8 Å². The number of rotatable bonds is 10. The quantitative estimate of drug-likeness (QED) is 0.127. The monoisotopic (exact) mass is 963 g/mol. The van der Waals surface area contributed by atoms with Crippen molar-refractivity contribution in [3.05, 3.63) is 160 Å². The molecule has 16 nitrogen and oxygen atoms in total. The minimum atomic E-state index is -4.84. The molecular weight excluding hydrogens is 910 g/mol. The number of carbonyl (C=O) groups is 3. The van der Waals surface area contributed by atoms with Crippen LogP contribution < -0.4 is 14.2 Å². The number of phosphoric acid groups is 1. The molecule has 6 heterocycles. The summed E-state index contributed by atoms with van der Waals surface area (Å²) in [7, 11) is -1.08. The molecule has 3 aliphatic heterocycles. The molecule has 360 valence electrons. The van der Waals surface area contributed by atoms with E-state index in [-0.39, 0.29) is 24.2 Å². The summed E-state index contributed by atoms with van der Waals surface area (Å²) in [5, 5.41) is 0.802. The maximum absolute atomic E-state index is 15.7. The van der Waals surface area contributed by atoms with Crippen LogP contribution in [0.25, 0.3) is 22.3 Å². The third-order valence-corrected chi connectivity index (χ3v) is 14.2. The van der Waals surface area contributed by atoms with Crippen molar-refractivity contribution in [1.82, 2.24) is 28.8 Å². The predicted molar refractivity (Wildman–Crippen MR) is 264 cm³/mol. The smallest absolute Gasteiger partial charge is 0.410 e. The number of fused-ring (bicyclic) bond motifs is 3. The van der Waals surface area contributed by atoms with Crippen LogP contribution in [0.2, 0.25) is 0 Å². The van der Waals surface area contributed by atoms with E-state index < -0.39 is 19.8 Å². The van der Waals surface area contributed by atoms with Gasteiger partial charge in [0.15, 0.2) is 0 Å². The number of ether oxygens (including phenoxy) is 2. The molecule has 1 atom stereocenters. The number of anilines is 2. The minimum Gasteiger partial charge on any atom is -0.410 e. The summed E-state index contributed by atoms with van der Waals surface area (Å²) in [6.45, 7) is 8.38. The van der Waals surface area contributed by atoms with Gasteiger partial charge in [0, 0.05) is 99.2 Å². The van der Waals surface area contributed by atoms with Crippen LogP contribution in [-0.2, 0) is 49.3 Å². The molecule has 3 aliphatic rings. The van der Waals surface area contributed by atoms with Gasteiger partial charge in [-0.25, -0.2) is 14.3 Å². The first-order valence-corrected chi connectivity index (χ1v) is 24.8. The zero-order chi connectivity index (χ0) is 48.8. The van der Waals surface area contributed by atoms with Gasteiger partial charge in [-0.3, -0.25) is 29.2 Å². The lowest BCUT2D eigenvalue weighted by molar-refractivity contribution is 0.0193. The highest BCUT2D eigenvalue weighted by atomic mass is 31.2. The van der Waals surface area contributed by atoms with Crippen molar-refractivity contribution in [1.29, 1.82) is 0 Å². The molecule has 3 aromatic heterocycles. The molecule has 2 N–H and O–H groups in total. The van der Waals surface area contributed by atoms with Crippen LogP contribution in [0, 0.1) is 13.8 Å². The van der Waals surface area contributed by atoms with Gasteiger partial charge in [-0.1, -0.05) is 42.0 Å². The van der Waals surface area contributed by atoms with Crippen molar-refractivity contribution >= 4 is 48.1 Å². The molecule has 10 rings (SSSR count). The lowest BCUT2D eigenvalue weighted by Crippen LogP contribution is -2.52. The largest absolute Gasteiger partial charge is 0.524 e. The predicted octanol–water partition coefficient (Wildman–Crippen LogP) is 8.10. The number of amides is 3. The number of aromatic nitrogens is 3. The Bertz CT molecular complexity index is 3190. The third-order valence-electron chi connectivity index (χ3n) is 13.8. The highest BCUT2D eigenvalue weighted by Crippen LogP contribution is 2.40. The number of aryl methyl sites for hydroxylation is 2. The Kier molecular flexibility index (Phi) is 12.7. The first kappa shape index (κ1) is 46.6. The normalized spacial score (nSPS) is 16.2. The van der Waals surface area contributed by atoms with Crippen LogP contribution in [0.15, 0.2) is 116 Å². The lowest BCUT2D eigenvalue weighted by Gasteiger charge is -2.41. The van der Waals surface area contributed by atoms with Gasteiger partial charge in [-0.2, -0.15) is 0 Å². The number of hydrogen-bond donors (Lipinski definition) is 2. The van der Waals surface area contributed by atoms with E-state index in [4.69, 9.17) is 14.0 Å². The Balaban J connectivity index is 1.06. The van der Waals surface area contributed by atoms with Crippen LogP contribution in [0.1, 0.15) is 54.2 Å². The number of phosphoric ester groups is 1. The molecule has 0 saturated carbocycles. The van der Waals surface area contributed by atoms with E-state index in [2.05, 4.69) is 22.0 Å². The number of nitrogens with zero attached hydrogens (tertiary/aromatic N) is 7. The van der Waals surface area contributed by atoms with E-state index in [1.165, 1.54) is 22.6 Å². The Morgan fingerprint density at radius 1 is 0.800 bits per heavy atom. The second-order valence-corrected chi connectivity index (χ2v) is 19.5. The fraction of sp³-hybridized carbons (Fsp3) is 0.283. The van der Waals surface area contributed by atoms with Crippen molar-refractivity contribution in [2.75, 3.05) is 44.3 Å². The van der Waals surface area contributed by atoms with Crippen molar-refractivity contribution in [2.24, 2.45) is 14.1 Å². The van der Waals surface area contributed by atoms with Crippen molar-refractivity contribution in [3.8, 4) is 22.8 Å². The summed E-state index contributed by atoms with van der Waals surface area (Å²) in [5.41, 5.74) is 9.52. The molecular formula is C53H54N7O9P. The topological polar surface area (TPSA) is 172 Å². The van der Waals surface area contributed by atoms with Crippen LogP contribution in [0.3, 0.4) is 0 Å². The van der Waals surface area contributed by atoms with Crippen LogP contribution in [0.5, 0.6) is 11.5 Å². The number of hydrogen-bond acceptors (Lipinski definition) is 9. The molecule has 0 bridgehead atoms. The molecule has 1 fully saturated rings. The molecule has 1 saturated heterocycles. The molecule has 70 heavy (non-hydrogen) atoms. The summed E-state index contributed by atoms with van der Waals surface area (Å²) in [6.07, 6.45) is 4.22. The van der Waals surface area contributed by atoms with Gasteiger partial charge in [-0.15, -0.1) is 0 Å².